The smallest absolute Gasteiger partial charge is 0.167 e. The Bertz CT molecular complexity index is 544. The summed E-state index contributed by atoms with van der Waals surface area (Å²) in [6, 6.07) is 5.25. The molecule has 0 fully saturated rings. The van der Waals surface area contributed by atoms with Crippen molar-refractivity contribution < 1.29 is 9.84 Å². The number of benzene rings is 1. The Labute approximate surface area is 99.6 Å². The average molecular weight is 230 g/mol. The molecule has 4 heteroatoms. The second-order valence-corrected chi connectivity index (χ2v) is 3.68. The van der Waals surface area contributed by atoms with Crippen molar-refractivity contribution in [3.05, 3.63) is 41.2 Å². The quantitative estimate of drug-likeness (QED) is 0.852. The first-order valence-electron chi connectivity index (χ1n) is 5.26. The zero-order chi connectivity index (χ0) is 12.3. The van der Waals surface area contributed by atoms with Gasteiger partial charge in [0.15, 0.2) is 11.5 Å². The number of aryl methyl sites for hydroxylation is 1. The van der Waals surface area contributed by atoms with Crippen molar-refractivity contribution in [1.29, 1.82) is 0 Å². The molecule has 0 radical (unpaired) electrons. The molecular weight excluding hydrogens is 216 g/mol. The minimum atomic E-state index is 0.138. The molecule has 2 rings (SSSR count). The molecule has 0 aliphatic heterocycles. The number of phenolic OH excluding ortho intramolecular Hbond substituents is 1. The highest BCUT2D eigenvalue weighted by atomic mass is 16.5. The van der Waals surface area contributed by atoms with Crippen LogP contribution >= 0.6 is 0 Å². The van der Waals surface area contributed by atoms with Crippen LogP contribution in [0.25, 0.3) is 12.2 Å². The third-order valence-corrected chi connectivity index (χ3v) is 2.54. The Morgan fingerprint density at radius 2 is 2.06 bits per heavy atom. The van der Waals surface area contributed by atoms with Crippen molar-refractivity contribution >= 4 is 12.2 Å². The molecule has 1 aromatic heterocycles. The summed E-state index contributed by atoms with van der Waals surface area (Å²) in [5.41, 5.74) is 2.84. The van der Waals surface area contributed by atoms with E-state index in [9.17, 15) is 5.11 Å². The van der Waals surface area contributed by atoms with Crippen molar-refractivity contribution in [2.75, 3.05) is 7.11 Å². The maximum Gasteiger partial charge on any atom is 0.167 e. The summed E-state index contributed by atoms with van der Waals surface area (Å²) >= 11 is 0. The number of aromatic amines is 1. The molecule has 2 N–H and O–H groups in total. The third kappa shape index (κ3) is 2.30. The van der Waals surface area contributed by atoms with E-state index >= 15 is 0 Å². The minimum Gasteiger partial charge on any atom is -0.504 e. The van der Waals surface area contributed by atoms with E-state index in [2.05, 4.69) is 10.2 Å². The molecule has 0 spiro atoms. The van der Waals surface area contributed by atoms with E-state index < -0.39 is 0 Å². The number of hydrogen-bond donors (Lipinski definition) is 2. The van der Waals surface area contributed by atoms with E-state index in [-0.39, 0.29) is 5.75 Å². The zero-order valence-corrected chi connectivity index (χ0v) is 9.77. The summed E-state index contributed by atoms with van der Waals surface area (Å²) in [6.07, 6.45) is 5.56. The van der Waals surface area contributed by atoms with Gasteiger partial charge in [-0.15, -0.1) is 0 Å². The summed E-state index contributed by atoms with van der Waals surface area (Å²) in [5.74, 6) is 0.614. The van der Waals surface area contributed by atoms with E-state index in [1.807, 2.05) is 25.1 Å². The Balaban J connectivity index is 2.33. The summed E-state index contributed by atoms with van der Waals surface area (Å²) in [4.78, 5) is 0. The molecule has 1 aromatic carbocycles. The van der Waals surface area contributed by atoms with Gasteiger partial charge in [0.05, 0.1) is 13.3 Å². The van der Waals surface area contributed by atoms with Gasteiger partial charge >= 0.3 is 0 Å². The van der Waals surface area contributed by atoms with E-state index in [0.29, 0.717) is 5.75 Å². The third-order valence-electron chi connectivity index (χ3n) is 2.54. The molecule has 0 saturated heterocycles. The lowest BCUT2D eigenvalue weighted by atomic mass is 10.1. The van der Waals surface area contributed by atoms with Crippen LogP contribution < -0.4 is 4.74 Å². The summed E-state index contributed by atoms with van der Waals surface area (Å²) < 4.78 is 5.15. The van der Waals surface area contributed by atoms with Crippen LogP contribution in [0.15, 0.2) is 24.4 Å². The van der Waals surface area contributed by atoms with Crippen molar-refractivity contribution in [2.45, 2.75) is 6.92 Å². The number of nitrogens with one attached hydrogen (secondary N) is 1. The molecule has 2 aromatic rings. The average Bonchev–Trinajstić information content (AvgIpc) is 2.72. The van der Waals surface area contributed by atoms with Crippen LogP contribution in [0.3, 0.4) is 0 Å². The van der Waals surface area contributed by atoms with Crippen molar-refractivity contribution in [3.63, 3.8) is 0 Å². The molecule has 0 unspecified atom stereocenters. The number of rotatable bonds is 3. The van der Waals surface area contributed by atoms with Crippen LogP contribution in [-0.4, -0.2) is 22.4 Å². The number of hydrogen-bond acceptors (Lipinski definition) is 3. The van der Waals surface area contributed by atoms with Gasteiger partial charge in [0.25, 0.3) is 0 Å². The minimum absolute atomic E-state index is 0.138. The highest BCUT2D eigenvalue weighted by molar-refractivity contribution is 5.74. The first kappa shape index (κ1) is 11.3. The number of phenols is 1. The lowest BCUT2D eigenvalue weighted by Crippen LogP contribution is -1.87. The van der Waals surface area contributed by atoms with Gasteiger partial charge in [-0.2, -0.15) is 5.10 Å². The Hall–Kier alpha value is -2.23. The molecule has 0 saturated carbocycles. The van der Waals surface area contributed by atoms with E-state index in [1.165, 1.54) is 7.11 Å². The SMILES string of the molecule is COc1c(O)cccc1C=Cc1cn[nH]c1C. The number of methoxy groups -OCH3 is 1. The molecule has 0 aliphatic rings. The molecule has 1 heterocycles. The first-order valence-corrected chi connectivity index (χ1v) is 5.26. The largest absolute Gasteiger partial charge is 0.504 e. The van der Waals surface area contributed by atoms with Gasteiger partial charge in [-0.3, -0.25) is 5.10 Å². The first-order chi connectivity index (χ1) is 8.22. The summed E-state index contributed by atoms with van der Waals surface area (Å²) in [6.45, 7) is 1.95. The topological polar surface area (TPSA) is 58.1 Å². The molecule has 0 amide bonds. The number of para-hydroxylation sites is 1. The van der Waals surface area contributed by atoms with E-state index in [4.69, 9.17) is 4.74 Å². The van der Waals surface area contributed by atoms with Gasteiger partial charge in [-0.25, -0.2) is 0 Å². The highest BCUT2D eigenvalue weighted by Crippen LogP contribution is 2.30. The molecule has 17 heavy (non-hydrogen) atoms. The van der Waals surface area contributed by atoms with Crippen LogP contribution in [0.1, 0.15) is 16.8 Å². The van der Waals surface area contributed by atoms with Crippen molar-refractivity contribution in [1.82, 2.24) is 10.2 Å². The number of ether oxygens (including phenoxy) is 1. The maximum atomic E-state index is 9.63. The predicted octanol–water partition coefficient (Wildman–Crippen LogP) is 2.60. The van der Waals surface area contributed by atoms with Crippen LogP contribution in [0, 0.1) is 6.92 Å². The van der Waals surface area contributed by atoms with Crippen LogP contribution in [0.4, 0.5) is 0 Å². The van der Waals surface area contributed by atoms with Crippen molar-refractivity contribution in [2.24, 2.45) is 0 Å². The monoisotopic (exact) mass is 230 g/mol. The standard InChI is InChI=1S/C13H14N2O2/c1-9-11(8-14-15-9)7-6-10-4-3-5-12(16)13(10)17-2/h3-8,16H,1-2H3,(H,14,15). The van der Waals surface area contributed by atoms with Crippen LogP contribution in [-0.2, 0) is 0 Å². The predicted molar refractivity (Wildman–Crippen MR) is 66.9 cm³/mol. The molecule has 0 aliphatic carbocycles. The number of H-pyrrole nitrogens is 1. The van der Waals surface area contributed by atoms with E-state index in [1.54, 1.807) is 18.3 Å². The van der Waals surface area contributed by atoms with E-state index in [0.717, 1.165) is 16.8 Å². The van der Waals surface area contributed by atoms with Gasteiger partial charge in [0.1, 0.15) is 0 Å². The number of nitrogens with zero attached hydrogens (tertiary/aromatic N) is 1. The lowest BCUT2D eigenvalue weighted by molar-refractivity contribution is 0.372. The fraction of sp³-hybridized carbons (Fsp3) is 0.154. The van der Waals surface area contributed by atoms with Gasteiger partial charge in [0.2, 0.25) is 0 Å². The second-order valence-electron chi connectivity index (χ2n) is 3.68. The normalized spacial score (nSPS) is 10.9. The fourth-order valence-corrected chi connectivity index (χ4v) is 1.60. The summed E-state index contributed by atoms with van der Waals surface area (Å²) in [5, 5.41) is 16.4. The molecule has 88 valence electrons. The lowest BCUT2D eigenvalue weighted by Gasteiger charge is -2.06. The highest BCUT2D eigenvalue weighted by Gasteiger charge is 2.05. The second kappa shape index (κ2) is 4.74. The molecular formula is C13H14N2O2. The Morgan fingerprint density at radius 1 is 1.29 bits per heavy atom. The number of aromatic hydroxyl groups is 1. The molecule has 0 bridgehead atoms. The van der Waals surface area contributed by atoms with Crippen LogP contribution in [0.2, 0.25) is 0 Å². The molecule has 4 nitrogen and oxygen atoms in total. The fourth-order valence-electron chi connectivity index (χ4n) is 1.60. The Kier molecular flexibility index (Phi) is 3.14. The maximum absolute atomic E-state index is 9.63. The Morgan fingerprint density at radius 3 is 2.71 bits per heavy atom. The van der Waals surface area contributed by atoms with Crippen LogP contribution in [0.5, 0.6) is 11.5 Å². The zero-order valence-electron chi connectivity index (χ0n) is 9.77. The summed E-state index contributed by atoms with van der Waals surface area (Å²) in [7, 11) is 1.54. The molecule has 0 atom stereocenters. The number of aromatic nitrogens is 2. The van der Waals surface area contributed by atoms with Gasteiger partial charge < -0.3 is 9.84 Å². The van der Waals surface area contributed by atoms with Gasteiger partial charge in [-0.05, 0) is 13.0 Å². The van der Waals surface area contributed by atoms with Gasteiger partial charge in [-0.1, -0.05) is 24.3 Å². The van der Waals surface area contributed by atoms with Crippen molar-refractivity contribution in [3.8, 4) is 11.5 Å². The van der Waals surface area contributed by atoms with Gasteiger partial charge in [0, 0.05) is 16.8 Å².